The summed E-state index contributed by atoms with van der Waals surface area (Å²) in [4.78, 5) is 2.05. The Hall–Kier alpha value is -1.92. The van der Waals surface area contributed by atoms with Gasteiger partial charge in [0.25, 0.3) is 0 Å². The molecular formula is C17H16BrNO. The summed E-state index contributed by atoms with van der Waals surface area (Å²) in [5, 5.41) is 0. The van der Waals surface area contributed by atoms with Crippen molar-refractivity contribution < 1.29 is 4.74 Å². The third-order valence-electron chi connectivity index (χ3n) is 2.88. The molecule has 0 radical (unpaired) electrons. The summed E-state index contributed by atoms with van der Waals surface area (Å²) >= 11 is 3.49. The van der Waals surface area contributed by atoms with E-state index in [9.17, 15) is 0 Å². The van der Waals surface area contributed by atoms with Gasteiger partial charge in [-0.1, -0.05) is 39.9 Å². The first-order valence-electron chi connectivity index (χ1n) is 6.23. The van der Waals surface area contributed by atoms with Gasteiger partial charge in [0.05, 0.1) is 18.4 Å². The quantitative estimate of drug-likeness (QED) is 0.774. The fourth-order valence-corrected chi connectivity index (χ4v) is 2.24. The van der Waals surface area contributed by atoms with E-state index in [0.717, 1.165) is 27.0 Å². The molecule has 2 nitrogen and oxygen atoms in total. The fourth-order valence-electron chi connectivity index (χ4n) is 1.88. The molecule has 0 fully saturated rings. The minimum absolute atomic E-state index is 0.793. The molecule has 0 spiro atoms. The number of methoxy groups -OCH3 is 1. The van der Waals surface area contributed by atoms with Crippen LogP contribution in [0.1, 0.15) is 11.1 Å². The van der Waals surface area contributed by atoms with Crippen molar-refractivity contribution in [2.75, 3.05) is 26.1 Å². The van der Waals surface area contributed by atoms with Gasteiger partial charge in [-0.3, -0.25) is 0 Å². The highest BCUT2D eigenvalue weighted by Crippen LogP contribution is 2.23. The van der Waals surface area contributed by atoms with E-state index in [1.54, 1.807) is 7.11 Å². The van der Waals surface area contributed by atoms with Gasteiger partial charge in [-0.05, 0) is 30.3 Å². The molecule has 0 aliphatic carbocycles. The molecule has 3 heteroatoms. The van der Waals surface area contributed by atoms with Crippen molar-refractivity contribution in [3.63, 3.8) is 0 Å². The third kappa shape index (κ3) is 3.34. The molecule has 0 saturated heterocycles. The Bertz CT molecular complexity index is 668. The first-order valence-corrected chi connectivity index (χ1v) is 7.03. The van der Waals surface area contributed by atoms with Crippen LogP contribution in [0.25, 0.3) is 0 Å². The van der Waals surface area contributed by atoms with Crippen LogP contribution >= 0.6 is 15.9 Å². The Morgan fingerprint density at radius 3 is 2.40 bits per heavy atom. The molecule has 0 aliphatic heterocycles. The van der Waals surface area contributed by atoms with Crippen LogP contribution < -0.4 is 9.64 Å². The molecular weight excluding hydrogens is 314 g/mol. The fraction of sp³-hybridized carbons (Fsp3) is 0.176. The normalized spacial score (nSPS) is 9.60. The van der Waals surface area contributed by atoms with Crippen molar-refractivity contribution in [1.82, 2.24) is 0 Å². The van der Waals surface area contributed by atoms with E-state index in [2.05, 4.69) is 38.7 Å². The Morgan fingerprint density at radius 1 is 1.00 bits per heavy atom. The molecule has 0 N–H and O–H groups in total. The predicted molar refractivity (Wildman–Crippen MR) is 87.4 cm³/mol. The number of ether oxygens (including phenoxy) is 1. The summed E-state index contributed by atoms with van der Waals surface area (Å²) in [7, 11) is 5.68. The maximum atomic E-state index is 5.31. The van der Waals surface area contributed by atoms with Crippen molar-refractivity contribution >= 4 is 21.6 Å². The first-order chi connectivity index (χ1) is 9.61. The lowest BCUT2D eigenvalue weighted by molar-refractivity contribution is 0.413. The maximum absolute atomic E-state index is 5.31. The molecule has 0 unspecified atom stereocenters. The number of benzene rings is 2. The number of hydrogen-bond acceptors (Lipinski definition) is 2. The van der Waals surface area contributed by atoms with Crippen LogP contribution in [0.3, 0.4) is 0 Å². The zero-order chi connectivity index (χ0) is 14.5. The van der Waals surface area contributed by atoms with E-state index in [-0.39, 0.29) is 0 Å². The molecule has 0 saturated carbocycles. The predicted octanol–water partition coefficient (Wildman–Crippen LogP) is 3.92. The average Bonchev–Trinajstić information content (AvgIpc) is 2.45. The van der Waals surface area contributed by atoms with Crippen LogP contribution in [0.4, 0.5) is 5.69 Å². The Labute approximate surface area is 128 Å². The summed E-state index contributed by atoms with van der Waals surface area (Å²) in [6.07, 6.45) is 0. The first kappa shape index (κ1) is 14.5. The van der Waals surface area contributed by atoms with E-state index in [1.165, 1.54) is 0 Å². The van der Waals surface area contributed by atoms with Gasteiger partial charge in [-0.25, -0.2) is 0 Å². The zero-order valence-electron chi connectivity index (χ0n) is 11.8. The van der Waals surface area contributed by atoms with Crippen LogP contribution in [0, 0.1) is 11.8 Å². The number of hydrogen-bond donors (Lipinski definition) is 0. The van der Waals surface area contributed by atoms with Gasteiger partial charge in [-0.15, -0.1) is 0 Å². The molecule has 0 aromatic heterocycles. The molecule has 0 atom stereocenters. The van der Waals surface area contributed by atoms with Crippen molar-refractivity contribution in [2.24, 2.45) is 0 Å². The molecule has 20 heavy (non-hydrogen) atoms. The van der Waals surface area contributed by atoms with E-state index < -0.39 is 0 Å². The Balaban J connectivity index is 2.45. The lowest BCUT2D eigenvalue weighted by Gasteiger charge is -2.14. The number of nitrogens with zero attached hydrogens (tertiary/aromatic N) is 1. The third-order valence-corrected chi connectivity index (χ3v) is 3.37. The Kier molecular flexibility index (Phi) is 4.70. The van der Waals surface area contributed by atoms with Crippen molar-refractivity contribution in [2.45, 2.75) is 0 Å². The summed E-state index contributed by atoms with van der Waals surface area (Å²) in [5.41, 5.74) is 2.96. The highest BCUT2D eigenvalue weighted by molar-refractivity contribution is 9.10. The summed E-state index contributed by atoms with van der Waals surface area (Å²) in [6, 6.07) is 13.9. The molecule has 0 amide bonds. The minimum atomic E-state index is 0.793. The highest BCUT2D eigenvalue weighted by atomic mass is 79.9. The van der Waals surface area contributed by atoms with Crippen molar-refractivity contribution in [3.8, 4) is 17.6 Å². The van der Waals surface area contributed by atoms with E-state index in [4.69, 9.17) is 4.74 Å². The lowest BCUT2D eigenvalue weighted by Crippen LogP contribution is -2.10. The van der Waals surface area contributed by atoms with Gasteiger partial charge in [0, 0.05) is 24.1 Å². The molecule has 2 aromatic carbocycles. The van der Waals surface area contributed by atoms with Gasteiger partial charge in [-0.2, -0.15) is 0 Å². The second kappa shape index (κ2) is 6.49. The maximum Gasteiger partial charge on any atom is 0.134 e. The highest BCUT2D eigenvalue weighted by Gasteiger charge is 2.03. The van der Waals surface area contributed by atoms with Gasteiger partial charge in [0.15, 0.2) is 0 Å². The summed E-state index contributed by atoms with van der Waals surface area (Å²) < 4.78 is 6.33. The van der Waals surface area contributed by atoms with Crippen LogP contribution in [-0.2, 0) is 0 Å². The smallest absolute Gasteiger partial charge is 0.134 e. The zero-order valence-corrected chi connectivity index (χ0v) is 13.4. The second-order valence-corrected chi connectivity index (χ2v) is 5.42. The summed E-state index contributed by atoms with van der Waals surface area (Å²) in [5.74, 6) is 7.20. The summed E-state index contributed by atoms with van der Waals surface area (Å²) in [6.45, 7) is 0. The minimum Gasteiger partial charge on any atom is -0.495 e. The van der Waals surface area contributed by atoms with Gasteiger partial charge in [0.1, 0.15) is 5.75 Å². The van der Waals surface area contributed by atoms with Gasteiger partial charge < -0.3 is 9.64 Å². The molecule has 102 valence electrons. The molecule has 0 heterocycles. The molecule has 0 bridgehead atoms. The van der Waals surface area contributed by atoms with Crippen LogP contribution in [0.15, 0.2) is 46.9 Å². The van der Waals surface area contributed by atoms with Crippen molar-refractivity contribution in [3.05, 3.63) is 58.1 Å². The Morgan fingerprint density at radius 2 is 1.70 bits per heavy atom. The topological polar surface area (TPSA) is 12.5 Å². The second-order valence-electron chi connectivity index (χ2n) is 4.51. The van der Waals surface area contributed by atoms with Crippen molar-refractivity contribution in [1.29, 1.82) is 0 Å². The largest absolute Gasteiger partial charge is 0.495 e. The molecule has 0 aliphatic rings. The van der Waals surface area contributed by atoms with Gasteiger partial charge in [0.2, 0.25) is 0 Å². The number of rotatable bonds is 2. The lowest BCUT2D eigenvalue weighted by atomic mass is 10.1. The number of para-hydroxylation sites is 1. The average molecular weight is 330 g/mol. The standard InChI is InChI=1S/C17H16BrNO/c1-19(2)16-11-10-15(18)12-14(16)9-8-13-6-4-5-7-17(13)20-3/h4-7,10-12H,1-3H3. The van der Waals surface area contributed by atoms with E-state index >= 15 is 0 Å². The van der Waals surface area contributed by atoms with Crippen LogP contribution in [0.2, 0.25) is 0 Å². The van der Waals surface area contributed by atoms with Gasteiger partial charge >= 0.3 is 0 Å². The number of halogens is 1. The van der Waals surface area contributed by atoms with E-state index in [1.807, 2.05) is 50.5 Å². The van der Waals surface area contributed by atoms with Crippen LogP contribution in [0.5, 0.6) is 5.75 Å². The monoisotopic (exact) mass is 329 g/mol. The SMILES string of the molecule is COc1ccccc1C#Cc1cc(Br)ccc1N(C)C. The number of anilines is 1. The molecule has 2 rings (SSSR count). The molecule has 2 aromatic rings. The van der Waals surface area contributed by atoms with E-state index in [0.29, 0.717) is 0 Å². The van der Waals surface area contributed by atoms with Crippen LogP contribution in [-0.4, -0.2) is 21.2 Å².